The lowest BCUT2D eigenvalue weighted by atomic mass is 9.83. The van der Waals surface area contributed by atoms with Gasteiger partial charge in [-0.05, 0) is 49.5 Å². The molecule has 6 heteroatoms. The number of nitrogens with zero attached hydrogens (tertiary/aromatic N) is 3. The van der Waals surface area contributed by atoms with Gasteiger partial charge in [-0.3, -0.25) is 9.80 Å². The summed E-state index contributed by atoms with van der Waals surface area (Å²) in [6.07, 6.45) is 2.17. The molecule has 2 unspecified atom stereocenters. The topological polar surface area (TPSA) is 29.9 Å². The number of hydrogen-bond donors (Lipinski definition) is 0. The largest absolute Gasteiger partial charge is 1.00 e. The van der Waals surface area contributed by atoms with Gasteiger partial charge in [0.2, 0.25) is 0 Å². The molecular formula is C27H33ClN3O2-. The third kappa shape index (κ3) is 3.92. The molecule has 1 aromatic heterocycles. The summed E-state index contributed by atoms with van der Waals surface area (Å²) in [5.74, 6) is 1.80. The maximum atomic E-state index is 5.42. The molecule has 0 amide bonds. The molecule has 2 aliphatic rings. The Morgan fingerprint density at radius 1 is 0.636 bits per heavy atom. The second-order valence-electron chi connectivity index (χ2n) is 9.09. The summed E-state index contributed by atoms with van der Waals surface area (Å²) in [7, 11) is 10.2. The standard InChI is InChI=1S/C27H33N3O2.ClH/c1-28-16-14-22-24(26(28)18-6-10-20(31-4)11-7-18)25-23(30(22)3)15-17-29(2)27(25)19-8-12-21(32-5)13-9-19;/h6-13,26-27H,14-17H2,1-5H3;1H/p-1. The van der Waals surface area contributed by atoms with Crippen LogP contribution in [0.15, 0.2) is 48.5 Å². The molecule has 3 heterocycles. The van der Waals surface area contributed by atoms with E-state index in [0.29, 0.717) is 0 Å². The van der Waals surface area contributed by atoms with Crippen LogP contribution in [0.2, 0.25) is 0 Å². The predicted octanol–water partition coefficient (Wildman–Crippen LogP) is 1.20. The predicted molar refractivity (Wildman–Crippen MR) is 128 cm³/mol. The number of halogens is 1. The minimum absolute atomic E-state index is 0. The number of ether oxygens (including phenoxy) is 2. The summed E-state index contributed by atoms with van der Waals surface area (Å²) in [4.78, 5) is 5.01. The van der Waals surface area contributed by atoms with Gasteiger partial charge in [0.25, 0.3) is 0 Å². The third-order valence-corrected chi connectivity index (χ3v) is 7.42. The van der Waals surface area contributed by atoms with Crippen LogP contribution in [0.25, 0.3) is 0 Å². The zero-order valence-electron chi connectivity index (χ0n) is 20.1. The first-order chi connectivity index (χ1) is 15.5. The summed E-state index contributed by atoms with van der Waals surface area (Å²) < 4.78 is 13.3. The van der Waals surface area contributed by atoms with Crippen LogP contribution in [0, 0.1) is 0 Å². The molecule has 0 N–H and O–H groups in total. The van der Waals surface area contributed by atoms with E-state index in [0.717, 1.165) is 37.4 Å². The van der Waals surface area contributed by atoms with Crippen LogP contribution >= 0.6 is 0 Å². The van der Waals surface area contributed by atoms with Crippen LogP contribution in [0.3, 0.4) is 0 Å². The van der Waals surface area contributed by atoms with Crippen molar-refractivity contribution < 1.29 is 21.9 Å². The van der Waals surface area contributed by atoms with Crippen molar-refractivity contribution in [3.05, 3.63) is 82.2 Å². The van der Waals surface area contributed by atoms with Crippen LogP contribution in [0.4, 0.5) is 0 Å². The van der Waals surface area contributed by atoms with E-state index in [-0.39, 0.29) is 24.5 Å². The lowest BCUT2D eigenvalue weighted by molar-refractivity contribution is -0.00000718. The number of fused-ring (bicyclic) bond motifs is 3. The number of aromatic nitrogens is 1. The van der Waals surface area contributed by atoms with E-state index in [1.54, 1.807) is 14.2 Å². The van der Waals surface area contributed by atoms with Crippen molar-refractivity contribution in [3.63, 3.8) is 0 Å². The number of rotatable bonds is 4. The van der Waals surface area contributed by atoms with Gasteiger partial charge in [-0.2, -0.15) is 0 Å². The van der Waals surface area contributed by atoms with Crippen molar-refractivity contribution in [2.45, 2.75) is 24.9 Å². The molecule has 2 atom stereocenters. The summed E-state index contributed by atoms with van der Waals surface area (Å²) in [5.41, 5.74) is 8.61. The van der Waals surface area contributed by atoms with E-state index < -0.39 is 0 Å². The Morgan fingerprint density at radius 3 is 1.33 bits per heavy atom. The monoisotopic (exact) mass is 466 g/mol. The zero-order chi connectivity index (χ0) is 22.4. The lowest BCUT2D eigenvalue weighted by Gasteiger charge is -2.38. The highest BCUT2D eigenvalue weighted by Crippen LogP contribution is 2.46. The smallest absolute Gasteiger partial charge is 0.118 e. The number of likely N-dealkylation sites (N-methyl/N-ethyl adjacent to an activating group) is 2. The van der Waals surface area contributed by atoms with Crippen LogP contribution in [0.5, 0.6) is 11.5 Å². The van der Waals surface area contributed by atoms with Gasteiger partial charge in [0.15, 0.2) is 0 Å². The second-order valence-corrected chi connectivity index (χ2v) is 9.09. The molecule has 33 heavy (non-hydrogen) atoms. The molecule has 0 saturated carbocycles. The van der Waals surface area contributed by atoms with Crippen LogP contribution < -0.4 is 21.9 Å². The minimum atomic E-state index is 0. The van der Waals surface area contributed by atoms with Gasteiger partial charge in [0, 0.05) is 55.5 Å². The Bertz CT molecular complexity index is 1020. The Balaban J connectivity index is 0.00000259. The highest BCUT2D eigenvalue weighted by Gasteiger charge is 2.39. The zero-order valence-corrected chi connectivity index (χ0v) is 20.9. The number of benzene rings is 2. The Hall–Kier alpha value is -2.47. The number of methoxy groups -OCH3 is 2. The molecule has 0 fully saturated rings. The quantitative estimate of drug-likeness (QED) is 0.578. The van der Waals surface area contributed by atoms with Crippen molar-refractivity contribution in [1.29, 1.82) is 0 Å². The first-order valence-corrected chi connectivity index (χ1v) is 11.4. The molecule has 3 aromatic rings. The number of hydrogen-bond acceptors (Lipinski definition) is 4. The van der Waals surface area contributed by atoms with Crippen molar-refractivity contribution in [2.24, 2.45) is 7.05 Å². The van der Waals surface area contributed by atoms with E-state index >= 15 is 0 Å². The van der Waals surface area contributed by atoms with E-state index in [2.05, 4.69) is 84.0 Å². The summed E-state index contributed by atoms with van der Waals surface area (Å²) in [6, 6.07) is 17.7. The van der Waals surface area contributed by atoms with Gasteiger partial charge < -0.3 is 26.4 Å². The molecule has 0 radical (unpaired) electrons. The molecule has 0 saturated heterocycles. The first-order valence-electron chi connectivity index (χ1n) is 11.4. The second kappa shape index (κ2) is 9.41. The average molecular weight is 467 g/mol. The SMILES string of the molecule is COc1ccc(C2c3c4c(n(C)c3CCN2C)CCN(C)C4c2ccc(OC)cc2)cc1.[Cl-]. The Morgan fingerprint density at radius 2 is 1.00 bits per heavy atom. The van der Waals surface area contributed by atoms with Gasteiger partial charge in [-0.25, -0.2) is 0 Å². The van der Waals surface area contributed by atoms with E-state index in [4.69, 9.17) is 9.47 Å². The van der Waals surface area contributed by atoms with Crippen LogP contribution in [-0.4, -0.2) is 55.8 Å². The van der Waals surface area contributed by atoms with Crippen LogP contribution in [0.1, 0.15) is 45.7 Å². The summed E-state index contributed by atoms with van der Waals surface area (Å²) >= 11 is 0. The molecular weight excluding hydrogens is 434 g/mol. The van der Waals surface area contributed by atoms with Gasteiger partial charge in [-0.15, -0.1) is 0 Å². The summed E-state index contributed by atoms with van der Waals surface area (Å²) in [5, 5.41) is 0. The van der Waals surface area contributed by atoms with E-state index in [9.17, 15) is 0 Å². The van der Waals surface area contributed by atoms with Gasteiger partial charge in [0.05, 0.1) is 26.3 Å². The first kappa shape index (κ1) is 23.7. The van der Waals surface area contributed by atoms with Gasteiger partial charge >= 0.3 is 0 Å². The van der Waals surface area contributed by atoms with Crippen molar-refractivity contribution in [1.82, 2.24) is 14.4 Å². The molecule has 5 rings (SSSR count). The molecule has 2 aromatic carbocycles. The highest BCUT2D eigenvalue weighted by atomic mass is 35.5. The lowest BCUT2D eigenvalue weighted by Crippen LogP contribution is -3.00. The third-order valence-electron chi connectivity index (χ3n) is 7.42. The fourth-order valence-electron chi connectivity index (χ4n) is 5.73. The fraction of sp³-hybridized carbons (Fsp3) is 0.407. The highest BCUT2D eigenvalue weighted by molar-refractivity contribution is 5.53. The normalized spacial score (nSPS) is 20.5. The maximum Gasteiger partial charge on any atom is 0.118 e. The Kier molecular flexibility index (Phi) is 6.76. The van der Waals surface area contributed by atoms with Gasteiger partial charge in [-0.1, -0.05) is 24.3 Å². The van der Waals surface area contributed by atoms with Gasteiger partial charge in [0.1, 0.15) is 11.5 Å². The maximum absolute atomic E-state index is 5.42. The van der Waals surface area contributed by atoms with E-state index in [1.807, 2.05) is 0 Å². The summed E-state index contributed by atoms with van der Waals surface area (Å²) in [6.45, 7) is 2.12. The molecule has 176 valence electrons. The molecule has 2 aliphatic heterocycles. The molecule has 0 aliphatic carbocycles. The average Bonchev–Trinajstić information content (AvgIpc) is 3.11. The molecule has 5 nitrogen and oxygen atoms in total. The minimum Gasteiger partial charge on any atom is -1.00 e. The molecule has 0 spiro atoms. The van der Waals surface area contributed by atoms with E-state index in [1.165, 1.54) is 33.6 Å². The van der Waals surface area contributed by atoms with Crippen LogP contribution in [-0.2, 0) is 19.9 Å². The van der Waals surface area contributed by atoms with Crippen molar-refractivity contribution in [2.75, 3.05) is 41.4 Å². The molecule has 0 bridgehead atoms. The fourth-order valence-corrected chi connectivity index (χ4v) is 5.73. The Labute approximate surface area is 203 Å². The van der Waals surface area contributed by atoms with Crippen molar-refractivity contribution >= 4 is 0 Å². The van der Waals surface area contributed by atoms with Crippen molar-refractivity contribution in [3.8, 4) is 11.5 Å².